The van der Waals surface area contributed by atoms with Gasteiger partial charge in [-0.15, -0.1) is 0 Å². The third-order valence-electron chi connectivity index (χ3n) is 3.99. The zero-order chi connectivity index (χ0) is 16.9. The maximum atomic E-state index is 6.11. The molecule has 3 heteroatoms. The van der Waals surface area contributed by atoms with Gasteiger partial charge in [0.05, 0.1) is 19.5 Å². The zero-order valence-electron chi connectivity index (χ0n) is 13.7. The van der Waals surface area contributed by atoms with Gasteiger partial charge in [-0.2, -0.15) is 0 Å². The van der Waals surface area contributed by atoms with Crippen LogP contribution >= 0.6 is 0 Å². The molecule has 0 spiro atoms. The van der Waals surface area contributed by atoms with E-state index in [-0.39, 0.29) is 0 Å². The highest BCUT2D eigenvalue weighted by Gasteiger charge is 2.13. The van der Waals surface area contributed by atoms with Crippen LogP contribution in [-0.4, -0.2) is 0 Å². The standard InChI is InChI=1S/C22H18O3/c1-3-7-17(8-4-1)15-23-16-19-12-11-18-13-14-24-21(18)22(19)25-20-9-5-2-6-10-20/h1-14H,15-16H2. The summed E-state index contributed by atoms with van der Waals surface area (Å²) >= 11 is 0. The Balaban J connectivity index is 1.58. The van der Waals surface area contributed by atoms with Crippen LogP contribution in [0.2, 0.25) is 0 Å². The minimum Gasteiger partial charge on any atom is -0.460 e. The molecule has 0 saturated heterocycles. The topological polar surface area (TPSA) is 31.6 Å². The van der Waals surface area contributed by atoms with E-state index in [1.807, 2.05) is 66.7 Å². The van der Waals surface area contributed by atoms with E-state index in [1.165, 1.54) is 0 Å². The summed E-state index contributed by atoms with van der Waals surface area (Å²) in [6.07, 6.45) is 1.68. The van der Waals surface area contributed by atoms with Gasteiger partial charge in [0.2, 0.25) is 0 Å². The Labute approximate surface area is 146 Å². The van der Waals surface area contributed by atoms with Crippen LogP contribution in [0.3, 0.4) is 0 Å². The monoisotopic (exact) mass is 330 g/mol. The molecule has 0 amide bonds. The Morgan fingerprint density at radius 3 is 2.28 bits per heavy atom. The molecule has 0 aliphatic heterocycles. The van der Waals surface area contributed by atoms with Crippen molar-refractivity contribution in [3.05, 3.63) is 96.3 Å². The van der Waals surface area contributed by atoms with Crippen LogP contribution < -0.4 is 4.74 Å². The number of para-hydroxylation sites is 1. The van der Waals surface area contributed by atoms with Gasteiger partial charge in [0, 0.05) is 10.9 Å². The lowest BCUT2D eigenvalue weighted by molar-refractivity contribution is 0.106. The van der Waals surface area contributed by atoms with Gasteiger partial charge in [0.25, 0.3) is 0 Å². The predicted molar refractivity (Wildman–Crippen MR) is 97.7 cm³/mol. The molecule has 25 heavy (non-hydrogen) atoms. The number of ether oxygens (including phenoxy) is 2. The molecule has 124 valence electrons. The summed E-state index contributed by atoms with van der Waals surface area (Å²) in [5, 5.41) is 1.01. The fourth-order valence-electron chi connectivity index (χ4n) is 2.73. The molecule has 3 nitrogen and oxygen atoms in total. The first-order valence-corrected chi connectivity index (χ1v) is 8.24. The van der Waals surface area contributed by atoms with Crippen LogP contribution in [0.1, 0.15) is 11.1 Å². The molecule has 0 radical (unpaired) electrons. The molecule has 0 atom stereocenters. The van der Waals surface area contributed by atoms with E-state index in [2.05, 4.69) is 12.1 Å². The third-order valence-corrected chi connectivity index (χ3v) is 3.99. The van der Waals surface area contributed by atoms with E-state index >= 15 is 0 Å². The summed E-state index contributed by atoms with van der Waals surface area (Å²) in [6.45, 7) is 1.01. The van der Waals surface area contributed by atoms with Gasteiger partial charge in [-0.3, -0.25) is 0 Å². The lowest BCUT2D eigenvalue weighted by atomic mass is 10.1. The van der Waals surface area contributed by atoms with Gasteiger partial charge in [-0.25, -0.2) is 0 Å². The van der Waals surface area contributed by atoms with E-state index in [1.54, 1.807) is 6.26 Å². The SMILES string of the molecule is c1ccc(COCc2ccc3ccoc3c2Oc2ccccc2)cc1. The van der Waals surface area contributed by atoms with E-state index in [4.69, 9.17) is 13.9 Å². The van der Waals surface area contributed by atoms with E-state index in [0.717, 1.165) is 27.8 Å². The van der Waals surface area contributed by atoms with Crippen LogP contribution in [0.4, 0.5) is 0 Å². The summed E-state index contributed by atoms with van der Waals surface area (Å²) < 4.78 is 17.6. The fraction of sp³-hybridized carbons (Fsp3) is 0.0909. The Morgan fingerprint density at radius 2 is 1.48 bits per heavy atom. The first-order chi connectivity index (χ1) is 12.4. The quantitative estimate of drug-likeness (QED) is 0.438. The van der Waals surface area contributed by atoms with Crippen LogP contribution in [0.25, 0.3) is 11.0 Å². The smallest absolute Gasteiger partial charge is 0.176 e. The zero-order valence-corrected chi connectivity index (χ0v) is 13.7. The number of fused-ring (bicyclic) bond motifs is 1. The first-order valence-electron chi connectivity index (χ1n) is 8.24. The molecule has 0 unspecified atom stereocenters. The lowest BCUT2D eigenvalue weighted by Crippen LogP contribution is -1.97. The number of hydrogen-bond donors (Lipinski definition) is 0. The largest absolute Gasteiger partial charge is 0.460 e. The van der Waals surface area contributed by atoms with Crippen molar-refractivity contribution in [1.82, 2.24) is 0 Å². The summed E-state index contributed by atoms with van der Waals surface area (Å²) in [4.78, 5) is 0. The minimum atomic E-state index is 0.452. The molecule has 0 fully saturated rings. The highest BCUT2D eigenvalue weighted by Crippen LogP contribution is 2.34. The molecular formula is C22H18O3. The average Bonchev–Trinajstić information content (AvgIpc) is 3.14. The van der Waals surface area contributed by atoms with Crippen molar-refractivity contribution in [3.63, 3.8) is 0 Å². The second-order valence-corrected chi connectivity index (χ2v) is 5.79. The highest BCUT2D eigenvalue weighted by molar-refractivity contribution is 5.84. The molecule has 1 heterocycles. The lowest BCUT2D eigenvalue weighted by Gasteiger charge is -2.12. The molecule has 4 aromatic rings. The maximum absolute atomic E-state index is 6.11. The second-order valence-electron chi connectivity index (χ2n) is 5.79. The Hall–Kier alpha value is -3.04. The first kappa shape index (κ1) is 15.5. The molecule has 0 aliphatic rings. The van der Waals surface area contributed by atoms with Crippen molar-refractivity contribution in [3.8, 4) is 11.5 Å². The van der Waals surface area contributed by atoms with Crippen molar-refractivity contribution in [1.29, 1.82) is 0 Å². The Bertz CT molecular complexity index is 943. The summed E-state index contributed by atoms with van der Waals surface area (Å²) in [7, 11) is 0. The minimum absolute atomic E-state index is 0.452. The van der Waals surface area contributed by atoms with Crippen molar-refractivity contribution in [2.24, 2.45) is 0 Å². The van der Waals surface area contributed by atoms with Gasteiger partial charge in [-0.05, 0) is 23.8 Å². The van der Waals surface area contributed by atoms with Gasteiger partial charge < -0.3 is 13.9 Å². The van der Waals surface area contributed by atoms with Gasteiger partial charge >= 0.3 is 0 Å². The average molecular weight is 330 g/mol. The van der Waals surface area contributed by atoms with Crippen molar-refractivity contribution in [2.45, 2.75) is 13.2 Å². The van der Waals surface area contributed by atoms with Crippen LogP contribution in [-0.2, 0) is 18.0 Å². The molecular weight excluding hydrogens is 312 g/mol. The van der Waals surface area contributed by atoms with Crippen molar-refractivity contribution >= 4 is 11.0 Å². The molecule has 0 N–H and O–H groups in total. The van der Waals surface area contributed by atoms with Gasteiger partial charge in [0.1, 0.15) is 5.75 Å². The van der Waals surface area contributed by atoms with Gasteiger partial charge in [0.15, 0.2) is 11.3 Å². The van der Waals surface area contributed by atoms with E-state index in [9.17, 15) is 0 Å². The summed E-state index contributed by atoms with van der Waals surface area (Å²) in [5.74, 6) is 1.48. The molecule has 4 rings (SSSR count). The number of rotatable bonds is 6. The predicted octanol–water partition coefficient (Wildman–Crippen LogP) is 5.94. The molecule has 0 saturated carbocycles. The summed E-state index contributed by atoms with van der Waals surface area (Å²) in [5.41, 5.74) is 2.85. The second kappa shape index (κ2) is 7.24. The number of furan rings is 1. The van der Waals surface area contributed by atoms with Crippen molar-refractivity contribution in [2.75, 3.05) is 0 Å². The molecule has 0 bridgehead atoms. The Kier molecular flexibility index (Phi) is 4.49. The number of benzene rings is 3. The van der Waals surface area contributed by atoms with Gasteiger partial charge in [-0.1, -0.05) is 60.7 Å². The summed E-state index contributed by atoms with van der Waals surface area (Å²) in [6, 6.07) is 25.8. The molecule has 3 aromatic carbocycles. The fourth-order valence-corrected chi connectivity index (χ4v) is 2.73. The van der Waals surface area contributed by atoms with Crippen LogP contribution in [0.5, 0.6) is 11.5 Å². The Morgan fingerprint density at radius 1 is 0.720 bits per heavy atom. The third kappa shape index (κ3) is 3.57. The van der Waals surface area contributed by atoms with Crippen LogP contribution in [0, 0.1) is 0 Å². The number of hydrogen-bond acceptors (Lipinski definition) is 3. The molecule has 0 aliphatic carbocycles. The molecule has 1 aromatic heterocycles. The maximum Gasteiger partial charge on any atom is 0.176 e. The van der Waals surface area contributed by atoms with Crippen molar-refractivity contribution < 1.29 is 13.9 Å². The highest BCUT2D eigenvalue weighted by atomic mass is 16.5. The van der Waals surface area contributed by atoms with E-state index < -0.39 is 0 Å². The van der Waals surface area contributed by atoms with Crippen LogP contribution in [0.15, 0.2) is 89.5 Å². The normalized spacial score (nSPS) is 10.9. The van der Waals surface area contributed by atoms with E-state index in [0.29, 0.717) is 19.0 Å².